The van der Waals surface area contributed by atoms with Crippen molar-refractivity contribution in [2.45, 2.75) is 6.92 Å². The fraction of sp³-hybridized carbons (Fsp3) is 0.111. The molecule has 0 aliphatic rings. The Morgan fingerprint density at radius 3 is 2.79 bits per heavy atom. The van der Waals surface area contributed by atoms with Gasteiger partial charge in [0.1, 0.15) is 5.82 Å². The maximum Gasteiger partial charge on any atom is 0.285 e. The van der Waals surface area contributed by atoms with E-state index in [9.17, 15) is 4.39 Å². The maximum absolute atomic E-state index is 13.2. The Hall–Kier alpha value is -1.23. The molecule has 72 valence electrons. The highest BCUT2D eigenvalue weighted by Gasteiger charge is 2.11. The van der Waals surface area contributed by atoms with E-state index in [0.717, 1.165) is 0 Å². The summed E-state index contributed by atoms with van der Waals surface area (Å²) in [5.41, 5.74) is 1.12. The molecule has 0 aliphatic heterocycles. The van der Waals surface area contributed by atoms with E-state index in [0.29, 0.717) is 17.0 Å². The quantitative estimate of drug-likeness (QED) is 0.788. The predicted octanol–water partition coefficient (Wildman–Crippen LogP) is 2.95. The van der Waals surface area contributed by atoms with Crippen molar-refractivity contribution in [1.29, 1.82) is 0 Å². The molecule has 0 atom stereocenters. The summed E-state index contributed by atoms with van der Waals surface area (Å²) in [7, 11) is 0. The van der Waals surface area contributed by atoms with Crippen LogP contribution in [0.5, 0.6) is 0 Å². The van der Waals surface area contributed by atoms with Crippen LogP contribution in [-0.4, -0.2) is 10.2 Å². The lowest BCUT2D eigenvalue weighted by Crippen LogP contribution is -1.87. The second-order valence-corrected chi connectivity index (χ2v) is 3.45. The summed E-state index contributed by atoms with van der Waals surface area (Å²) in [5.74, 6) is 0.0331. The van der Waals surface area contributed by atoms with E-state index in [4.69, 9.17) is 4.42 Å². The molecule has 0 radical (unpaired) electrons. The molecule has 14 heavy (non-hydrogen) atoms. The lowest BCUT2D eigenvalue weighted by atomic mass is 10.1. The minimum Gasteiger partial charge on any atom is -0.411 e. The lowest BCUT2D eigenvalue weighted by Gasteiger charge is -2.00. The fourth-order valence-electron chi connectivity index (χ4n) is 1.15. The first-order valence-corrected chi connectivity index (χ1v) is 4.72. The Kier molecular flexibility index (Phi) is 2.33. The molecule has 0 N–H and O–H groups in total. The number of rotatable bonds is 1. The van der Waals surface area contributed by atoms with Crippen LogP contribution in [-0.2, 0) is 0 Å². The Labute approximate surface area is 88.1 Å². The van der Waals surface area contributed by atoms with Gasteiger partial charge < -0.3 is 4.42 Å². The second-order valence-electron chi connectivity index (χ2n) is 2.77. The fourth-order valence-corrected chi connectivity index (χ4v) is 1.39. The Morgan fingerprint density at radius 1 is 1.36 bits per heavy atom. The Morgan fingerprint density at radius 2 is 2.14 bits per heavy atom. The van der Waals surface area contributed by atoms with Gasteiger partial charge in [0, 0.05) is 21.5 Å². The number of benzene rings is 1. The van der Waals surface area contributed by atoms with Crippen molar-refractivity contribution in [3.05, 3.63) is 34.4 Å². The Balaban J connectivity index is 2.57. The molecule has 0 saturated heterocycles. The van der Waals surface area contributed by atoms with Crippen LogP contribution in [0.15, 0.2) is 27.4 Å². The van der Waals surface area contributed by atoms with Gasteiger partial charge in [0.15, 0.2) is 0 Å². The monoisotopic (exact) mass is 256 g/mol. The van der Waals surface area contributed by atoms with Crippen molar-refractivity contribution < 1.29 is 8.81 Å². The molecule has 1 aromatic carbocycles. The van der Waals surface area contributed by atoms with Crippen LogP contribution >= 0.6 is 15.9 Å². The minimum absolute atomic E-state index is 0.281. The van der Waals surface area contributed by atoms with Crippen molar-refractivity contribution in [2.24, 2.45) is 0 Å². The highest BCUT2D eigenvalue weighted by atomic mass is 79.9. The van der Waals surface area contributed by atoms with Crippen molar-refractivity contribution in [3.8, 4) is 11.5 Å². The molecule has 0 aliphatic carbocycles. The van der Waals surface area contributed by atoms with Crippen LogP contribution < -0.4 is 0 Å². The smallest absolute Gasteiger partial charge is 0.285 e. The second kappa shape index (κ2) is 3.49. The molecule has 1 heterocycles. The van der Waals surface area contributed by atoms with E-state index in [1.54, 1.807) is 19.1 Å². The molecule has 2 aromatic rings. The summed E-state index contributed by atoms with van der Waals surface area (Å²) in [5, 5.41) is 7.40. The van der Waals surface area contributed by atoms with Gasteiger partial charge in [-0.15, -0.1) is 10.2 Å². The summed E-state index contributed by atoms with van der Waals surface area (Å²) >= 11 is 3.04. The van der Waals surface area contributed by atoms with Crippen LogP contribution in [0.2, 0.25) is 0 Å². The van der Waals surface area contributed by atoms with Crippen LogP contribution in [0.1, 0.15) is 5.56 Å². The van der Waals surface area contributed by atoms with Gasteiger partial charge in [-0.2, -0.15) is 0 Å². The Bertz CT molecular complexity index is 470. The van der Waals surface area contributed by atoms with E-state index in [1.807, 2.05) is 0 Å². The van der Waals surface area contributed by atoms with Gasteiger partial charge in [-0.05, 0) is 24.6 Å². The highest BCUT2D eigenvalue weighted by Crippen LogP contribution is 2.24. The van der Waals surface area contributed by atoms with Crippen molar-refractivity contribution in [3.63, 3.8) is 0 Å². The maximum atomic E-state index is 13.2. The third kappa shape index (κ3) is 1.55. The molecule has 3 nitrogen and oxygen atoms in total. The van der Waals surface area contributed by atoms with Crippen LogP contribution in [0.4, 0.5) is 4.39 Å². The average molecular weight is 257 g/mol. The summed E-state index contributed by atoms with van der Waals surface area (Å²) in [6.45, 7) is 1.67. The number of nitrogens with zero attached hydrogens (tertiary/aromatic N) is 2. The van der Waals surface area contributed by atoms with Crippen molar-refractivity contribution in [1.82, 2.24) is 10.2 Å². The normalized spacial score (nSPS) is 10.5. The lowest BCUT2D eigenvalue weighted by molar-refractivity contribution is 0.538. The van der Waals surface area contributed by atoms with Crippen molar-refractivity contribution >= 4 is 15.9 Å². The predicted molar refractivity (Wildman–Crippen MR) is 52.1 cm³/mol. The zero-order valence-corrected chi connectivity index (χ0v) is 8.88. The van der Waals surface area contributed by atoms with Gasteiger partial charge in [-0.3, -0.25) is 0 Å². The third-order valence-electron chi connectivity index (χ3n) is 1.90. The zero-order valence-electron chi connectivity index (χ0n) is 7.29. The summed E-state index contributed by atoms with van der Waals surface area (Å²) in [6, 6.07) is 4.73. The van der Waals surface area contributed by atoms with Crippen LogP contribution in [0, 0.1) is 12.7 Å². The third-order valence-corrected chi connectivity index (χ3v) is 2.22. The van der Waals surface area contributed by atoms with Gasteiger partial charge >= 0.3 is 0 Å². The largest absolute Gasteiger partial charge is 0.411 e. The molecule has 0 amide bonds. The first-order chi connectivity index (χ1) is 6.68. The molecule has 2 rings (SSSR count). The molecule has 0 spiro atoms. The number of hydrogen-bond acceptors (Lipinski definition) is 3. The first kappa shape index (κ1) is 9.33. The SMILES string of the molecule is Cc1c(F)cccc1-c1nnc(Br)o1. The van der Waals surface area contributed by atoms with E-state index < -0.39 is 0 Å². The van der Waals surface area contributed by atoms with E-state index in [2.05, 4.69) is 26.1 Å². The van der Waals surface area contributed by atoms with Gasteiger partial charge in [0.05, 0.1) is 0 Å². The highest BCUT2D eigenvalue weighted by molar-refractivity contribution is 9.10. The molecule has 0 saturated carbocycles. The molecular formula is C9H6BrFN2O. The summed E-state index contributed by atoms with van der Waals surface area (Å²) < 4.78 is 18.3. The summed E-state index contributed by atoms with van der Waals surface area (Å²) in [6.07, 6.45) is 0. The topological polar surface area (TPSA) is 38.9 Å². The molecule has 0 unspecified atom stereocenters. The molecule has 1 aromatic heterocycles. The van der Waals surface area contributed by atoms with Crippen LogP contribution in [0.25, 0.3) is 11.5 Å². The average Bonchev–Trinajstić information content (AvgIpc) is 2.57. The van der Waals surface area contributed by atoms with E-state index >= 15 is 0 Å². The molecule has 0 bridgehead atoms. The zero-order chi connectivity index (χ0) is 10.1. The first-order valence-electron chi connectivity index (χ1n) is 3.93. The van der Waals surface area contributed by atoms with Gasteiger partial charge in [-0.1, -0.05) is 6.07 Å². The van der Waals surface area contributed by atoms with Gasteiger partial charge in [-0.25, -0.2) is 4.39 Å². The standard InChI is InChI=1S/C9H6BrFN2O/c1-5-6(3-2-4-7(5)11)8-12-13-9(10)14-8/h2-4H,1H3. The van der Waals surface area contributed by atoms with Gasteiger partial charge in [0.25, 0.3) is 4.80 Å². The number of halogens is 2. The van der Waals surface area contributed by atoms with E-state index in [1.165, 1.54) is 6.07 Å². The molecular weight excluding hydrogens is 251 g/mol. The summed E-state index contributed by atoms with van der Waals surface area (Å²) in [4.78, 5) is 0.288. The van der Waals surface area contributed by atoms with E-state index in [-0.39, 0.29) is 10.6 Å². The van der Waals surface area contributed by atoms with Crippen molar-refractivity contribution in [2.75, 3.05) is 0 Å². The van der Waals surface area contributed by atoms with Gasteiger partial charge in [0.2, 0.25) is 5.89 Å². The van der Waals surface area contributed by atoms with Crippen LogP contribution in [0.3, 0.4) is 0 Å². The number of aromatic nitrogens is 2. The molecule has 5 heteroatoms. The molecule has 0 fully saturated rings. The minimum atomic E-state index is -0.281. The number of hydrogen-bond donors (Lipinski definition) is 0.